The lowest BCUT2D eigenvalue weighted by Gasteiger charge is -2.16. The lowest BCUT2D eigenvalue weighted by atomic mass is 9.98. The van der Waals surface area contributed by atoms with E-state index in [-0.39, 0.29) is 11.4 Å². The number of nitrogens with zero attached hydrogens (tertiary/aromatic N) is 1. The summed E-state index contributed by atoms with van der Waals surface area (Å²) in [5.74, 6) is 0.757. The first-order valence-electron chi connectivity index (χ1n) is 6.85. The average molecular weight is 263 g/mol. The van der Waals surface area contributed by atoms with Crippen LogP contribution in [-0.2, 0) is 0 Å². The van der Waals surface area contributed by atoms with Gasteiger partial charge in [0.15, 0.2) is 11.6 Å². The molecule has 0 spiro atoms. The van der Waals surface area contributed by atoms with Crippen LogP contribution in [-0.4, -0.2) is 17.4 Å². The first kappa shape index (κ1) is 12.4. The van der Waals surface area contributed by atoms with Crippen LogP contribution in [0.5, 0.6) is 0 Å². The van der Waals surface area contributed by atoms with Gasteiger partial charge in [0.1, 0.15) is 0 Å². The van der Waals surface area contributed by atoms with Gasteiger partial charge in [0.05, 0.1) is 5.56 Å². The van der Waals surface area contributed by atoms with Crippen molar-refractivity contribution in [3.05, 3.63) is 23.6 Å². The Morgan fingerprint density at radius 3 is 2.63 bits per heavy atom. The molecule has 0 atom stereocenters. The Morgan fingerprint density at radius 1 is 1.42 bits per heavy atom. The maximum Gasteiger partial charge on any atom is 0.254 e. The van der Waals surface area contributed by atoms with Crippen LogP contribution in [0.4, 0.5) is 10.2 Å². The molecule has 1 aromatic rings. The third-order valence-electron chi connectivity index (χ3n) is 4.11. The molecule has 0 aliphatic heterocycles. The Hall–Kier alpha value is -1.65. The van der Waals surface area contributed by atoms with Gasteiger partial charge in [-0.15, -0.1) is 0 Å². The molecule has 0 unspecified atom stereocenters. The molecule has 4 nitrogen and oxygen atoms in total. The van der Waals surface area contributed by atoms with Crippen molar-refractivity contribution in [2.75, 3.05) is 12.3 Å². The molecule has 3 N–H and O–H groups in total. The van der Waals surface area contributed by atoms with Gasteiger partial charge in [-0.3, -0.25) is 4.79 Å². The average Bonchev–Trinajstić information content (AvgIpc) is 3.26. The number of nitrogens with two attached hydrogens (primary N) is 1. The molecule has 5 heteroatoms. The molecule has 2 saturated carbocycles. The van der Waals surface area contributed by atoms with E-state index in [1.807, 2.05) is 0 Å². The number of pyridine rings is 1. The summed E-state index contributed by atoms with van der Waals surface area (Å²) < 4.78 is 13.7. The summed E-state index contributed by atoms with van der Waals surface area (Å²) in [6.45, 7) is 0.649. The Bertz CT molecular complexity index is 485. The van der Waals surface area contributed by atoms with E-state index in [9.17, 15) is 9.18 Å². The lowest BCUT2D eigenvalue weighted by Crippen LogP contribution is -2.31. The number of anilines is 1. The van der Waals surface area contributed by atoms with Crippen LogP contribution in [0.15, 0.2) is 12.3 Å². The molecule has 19 heavy (non-hydrogen) atoms. The van der Waals surface area contributed by atoms with Gasteiger partial charge in [0.25, 0.3) is 5.91 Å². The predicted octanol–water partition coefficient (Wildman–Crippen LogP) is 1.97. The number of nitrogens with one attached hydrogen (secondary N) is 1. The smallest absolute Gasteiger partial charge is 0.254 e. The summed E-state index contributed by atoms with van der Waals surface area (Å²) in [5, 5.41) is 2.85. The highest BCUT2D eigenvalue weighted by Crippen LogP contribution is 2.48. The minimum absolute atomic E-state index is 0.0159. The van der Waals surface area contributed by atoms with E-state index in [0.29, 0.717) is 12.5 Å². The number of halogens is 1. The maximum absolute atomic E-state index is 13.7. The van der Waals surface area contributed by atoms with Crippen LogP contribution in [0.3, 0.4) is 0 Å². The van der Waals surface area contributed by atoms with Crippen LogP contribution in [0.1, 0.15) is 36.0 Å². The largest absolute Gasteiger partial charge is 0.381 e. The second-order valence-electron chi connectivity index (χ2n) is 5.61. The van der Waals surface area contributed by atoms with Crippen LogP contribution < -0.4 is 11.1 Å². The number of amides is 1. The van der Waals surface area contributed by atoms with E-state index < -0.39 is 11.7 Å². The molecule has 2 aliphatic rings. The molecular formula is C14H18FN3O. The summed E-state index contributed by atoms with van der Waals surface area (Å²) in [6, 6.07) is 1.37. The van der Waals surface area contributed by atoms with Crippen LogP contribution in [0.25, 0.3) is 0 Å². The van der Waals surface area contributed by atoms with Crippen molar-refractivity contribution in [3.8, 4) is 0 Å². The Labute approximate surface area is 111 Å². The number of hydrogen-bond donors (Lipinski definition) is 2. The number of carbonyl (C=O) groups is 1. The summed E-state index contributed by atoms with van der Waals surface area (Å²) >= 11 is 0. The van der Waals surface area contributed by atoms with Gasteiger partial charge in [0, 0.05) is 12.7 Å². The zero-order valence-corrected chi connectivity index (χ0v) is 10.7. The van der Waals surface area contributed by atoms with Crippen molar-refractivity contribution in [1.82, 2.24) is 10.3 Å². The number of carbonyl (C=O) groups excluding carboxylic acids is 1. The van der Waals surface area contributed by atoms with Crippen molar-refractivity contribution < 1.29 is 9.18 Å². The highest BCUT2D eigenvalue weighted by molar-refractivity contribution is 5.95. The third kappa shape index (κ3) is 2.69. The van der Waals surface area contributed by atoms with E-state index in [4.69, 9.17) is 5.73 Å². The third-order valence-corrected chi connectivity index (χ3v) is 4.11. The van der Waals surface area contributed by atoms with Crippen LogP contribution in [0, 0.1) is 23.6 Å². The molecule has 2 aliphatic carbocycles. The van der Waals surface area contributed by atoms with Crippen molar-refractivity contribution in [2.24, 2.45) is 17.8 Å². The number of aromatic nitrogens is 1. The van der Waals surface area contributed by atoms with Crippen molar-refractivity contribution in [2.45, 2.75) is 25.7 Å². The second kappa shape index (κ2) is 4.79. The maximum atomic E-state index is 13.7. The number of hydrogen-bond acceptors (Lipinski definition) is 3. The van der Waals surface area contributed by atoms with E-state index >= 15 is 0 Å². The van der Waals surface area contributed by atoms with E-state index in [1.165, 1.54) is 37.9 Å². The van der Waals surface area contributed by atoms with Crippen molar-refractivity contribution in [3.63, 3.8) is 0 Å². The minimum atomic E-state index is -0.727. The fourth-order valence-corrected chi connectivity index (χ4v) is 2.71. The van der Waals surface area contributed by atoms with Gasteiger partial charge in [0.2, 0.25) is 0 Å². The molecule has 102 valence electrons. The van der Waals surface area contributed by atoms with E-state index in [1.54, 1.807) is 0 Å². The van der Waals surface area contributed by atoms with E-state index in [0.717, 1.165) is 11.8 Å². The van der Waals surface area contributed by atoms with Crippen molar-refractivity contribution in [1.29, 1.82) is 0 Å². The van der Waals surface area contributed by atoms with Crippen LogP contribution >= 0.6 is 0 Å². The zero-order chi connectivity index (χ0) is 13.4. The quantitative estimate of drug-likeness (QED) is 0.853. The van der Waals surface area contributed by atoms with Gasteiger partial charge < -0.3 is 11.1 Å². The molecule has 1 heterocycles. The fraction of sp³-hybridized carbons (Fsp3) is 0.571. The first-order chi connectivity index (χ1) is 9.16. The molecule has 0 radical (unpaired) electrons. The molecule has 0 saturated heterocycles. The summed E-state index contributed by atoms with van der Waals surface area (Å²) in [7, 11) is 0. The number of rotatable bonds is 5. The molecule has 0 bridgehead atoms. The first-order valence-corrected chi connectivity index (χ1v) is 6.85. The zero-order valence-electron chi connectivity index (χ0n) is 10.7. The van der Waals surface area contributed by atoms with Gasteiger partial charge in [-0.1, -0.05) is 0 Å². The van der Waals surface area contributed by atoms with Gasteiger partial charge in [-0.2, -0.15) is 0 Å². The Balaban J connectivity index is 1.62. The molecule has 0 aromatic carbocycles. The standard InChI is InChI=1S/C14H18FN3O/c15-12-10(5-6-17-13(12)16)14(19)18-7-11(8-1-2-8)9-3-4-9/h5-6,8-9,11H,1-4,7H2,(H2,16,17)(H,18,19). The van der Waals surface area contributed by atoms with Gasteiger partial charge in [-0.05, 0) is 49.5 Å². The highest BCUT2D eigenvalue weighted by atomic mass is 19.1. The predicted molar refractivity (Wildman–Crippen MR) is 69.9 cm³/mol. The summed E-state index contributed by atoms with van der Waals surface area (Å²) in [4.78, 5) is 15.6. The second-order valence-corrected chi connectivity index (χ2v) is 5.61. The number of nitrogen functional groups attached to an aromatic ring is 1. The lowest BCUT2D eigenvalue weighted by molar-refractivity contribution is 0.0939. The Morgan fingerprint density at radius 2 is 2.05 bits per heavy atom. The normalized spacial score (nSPS) is 18.6. The molecular weight excluding hydrogens is 245 g/mol. The van der Waals surface area contributed by atoms with E-state index in [2.05, 4.69) is 10.3 Å². The molecule has 1 amide bonds. The topological polar surface area (TPSA) is 68.0 Å². The highest BCUT2D eigenvalue weighted by Gasteiger charge is 2.41. The van der Waals surface area contributed by atoms with Crippen molar-refractivity contribution >= 4 is 11.7 Å². The van der Waals surface area contributed by atoms with Gasteiger partial charge in [-0.25, -0.2) is 9.37 Å². The summed E-state index contributed by atoms with van der Waals surface area (Å²) in [5.41, 5.74) is 5.35. The Kier molecular flexibility index (Phi) is 3.12. The molecule has 2 fully saturated rings. The molecule has 1 aromatic heterocycles. The monoisotopic (exact) mass is 263 g/mol. The summed E-state index contributed by atoms with van der Waals surface area (Å²) in [6.07, 6.45) is 6.44. The minimum Gasteiger partial charge on any atom is -0.381 e. The molecule has 3 rings (SSSR count). The SMILES string of the molecule is Nc1nccc(C(=O)NCC(C2CC2)C2CC2)c1F. The fourth-order valence-electron chi connectivity index (χ4n) is 2.71. The van der Waals surface area contributed by atoms with Gasteiger partial charge >= 0.3 is 0 Å². The van der Waals surface area contributed by atoms with Crippen LogP contribution in [0.2, 0.25) is 0 Å².